The molecule has 0 saturated carbocycles. The first kappa shape index (κ1) is 13.7. The van der Waals surface area contributed by atoms with E-state index in [0.29, 0.717) is 0 Å². The predicted octanol–water partition coefficient (Wildman–Crippen LogP) is 3.94. The summed E-state index contributed by atoms with van der Waals surface area (Å²) < 4.78 is 0. The van der Waals surface area contributed by atoms with Crippen LogP contribution in [-0.4, -0.2) is 10.2 Å². The van der Waals surface area contributed by atoms with Gasteiger partial charge in [-0.05, 0) is 25.5 Å². The van der Waals surface area contributed by atoms with Crippen molar-refractivity contribution in [3.05, 3.63) is 46.8 Å². The average Bonchev–Trinajstić information content (AvgIpc) is 2.75. The first-order chi connectivity index (χ1) is 8.88. The third kappa shape index (κ3) is 3.16. The molecule has 0 bridgehead atoms. The lowest BCUT2D eigenvalue weighted by Crippen LogP contribution is -2.15. The molecule has 0 spiro atoms. The minimum Gasteiger partial charge on any atom is -0.381 e. The van der Waals surface area contributed by atoms with Gasteiger partial charge in [0.25, 0.3) is 0 Å². The van der Waals surface area contributed by atoms with Gasteiger partial charge in [0.1, 0.15) is 0 Å². The molecule has 2 aromatic rings. The van der Waals surface area contributed by atoms with Gasteiger partial charge in [-0.2, -0.15) is 5.10 Å². The maximum absolute atomic E-state index is 4.17. The number of aromatic nitrogens is 2. The Morgan fingerprint density at radius 3 is 2.58 bits per heavy atom. The van der Waals surface area contributed by atoms with E-state index in [1.54, 1.807) is 0 Å². The molecular formula is C16H23N3. The lowest BCUT2D eigenvalue weighted by atomic mass is 9.89. The van der Waals surface area contributed by atoms with Crippen LogP contribution in [-0.2, 0) is 12.0 Å². The van der Waals surface area contributed by atoms with Crippen LogP contribution in [0.1, 0.15) is 43.2 Å². The smallest absolute Gasteiger partial charge is 0.0540 e. The standard InChI is InChI=1S/C16H23N3/c1-11-6-7-14(12(2)8-11)17-9-13-10-18-19-15(13)16(3,4)5/h6-8,10,17H,9H2,1-5H3,(H,18,19). The molecule has 0 fully saturated rings. The van der Waals surface area contributed by atoms with Crippen LogP contribution >= 0.6 is 0 Å². The molecule has 0 atom stereocenters. The zero-order valence-corrected chi connectivity index (χ0v) is 12.5. The molecule has 3 nitrogen and oxygen atoms in total. The lowest BCUT2D eigenvalue weighted by Gasteiger charge is -2.19. The number of H-pyrrole nitrogens is 1. The van der Waals surface area contributed by atoms with Crippen molar-refractivity contribution in [2.75, 3.05) is 5.32 Å². The van der Waals surface area contributed by atoms with Crippen LogP contribution in [0.4, 0.5) is 5.69 Å². The van der Waals surface area contributed by atoms with Crippen LogP contribution in [0.15, 0.2) is 24.4 Å². The van der Waals surface area contributed by atoms with Crippen molar-refractivity contribution >= 4 is 5.69 Å². The number of aryl methyl sites for hydroxylation is 2. The predicted molar refractivity (Wildman–Crippen MR) is 80.5 cm³/mol. The molecule has 0 aliphatic rings. The Morgan fingerprint density at radius 2 is 1.95 bits per heavy atom. The van der Waals surface area contributed by atoms with Crippen molar-refractivity contribution in [1.29, 1.82) is 0 Å². The Bertz CT molecular complexity index is 562. The van der Waals surface area contributed by atoms with Gasteiger partial charge in [-0.3, -0.25) is 5.10 Å². The van der Waals surface area contributed by atoms with Crippen molar-refractivity contribution in [3.8, 4) is 0 Å². The topological polar surface area (TPSA) is 40.7 Å². The summed E-state index contributed by atoms with van der Waals surface area (Å²) in [5, 5.41) is 10.8. The van der Waals surface area contributed by atoms with E-state index in [0.717, 1.165) is 6.54 Å². The molecule has 1 aromatic heterocycles. The van der Waals surface area contributed by atoms with Crippen molar-refractivity contribution < 1.29 is 0 Å². The molecule has 1 heterocycles. The van der Waals surface area contributed by atoms with E-state index in [1.165, 1.54) is 28.1 Å². The van der Waals surface area contributed by atoms with Gasteiger partial charge in [0.15, 0.2) is 0 Å². The van der Waals surface area contributed by atoms with E-state index in [4.69, 9.17) is 0 Å². The van der Waals surface area contributed by atoms with Gasteiger partial charge < -0.3 is 5.32 Å². The summed E-state index contributed by atoms with van der Waals surface area (Å²) in [5.74, 6) is 0. The molecule has 19 heavy (non-hydrogen) atoms. The molecule has 102 valence electrons. The Balaban J connectivity index is 2.13. The highest BCUT2D eigenvalue weighted by Crippen LogP contribution is 2.24. The molecule has 0 aliphatic heterocycles. The molecule has 2 rings (SSSR count). The van der Waals surface area contributed by atoms with E-state index in [9.17, 15) is 0 Å². The number of nitrogens with zero attached hydrogens (tertiary/aromatic N) is 1. The van der Waals surface area contributed by atoms with Crippen molar-refractivity contribution in [3.63, 3.8) is 0 Å². The van der Waals surface area contributed by atoms with Gasteiger partial charge >= 0.3 is 0 Å². The summed E-state index contributed by atoms with van der Waals surface area (Å²) in [5.41, 5.74) is 6.28. The van der Waals surface area contributed by atoms with E-state index < -0.39 is 0 Å². The summed E-state index contributed by atoms with van der Waals surface area (Å²) in [7, 11) is 0. The Labute approximate surface area is 115 Å². The number of hydrogen-bond donors (Lipinski definition) is 2. The minimum atomic E-state index is 0.0931. The monoisotopic (exact) mass is 257 g/mol. The Morgan fingerprint density at radius 1 is 1.21 bits per heavy atom. The largest absolute Gasteiger partial charge is 0.381 e. The van der Waals surface area contributed by atoms with Gasteiger partial charge in [0.2, 0.25) is 0 Å². The second-order valence-electron chi connectivity index (χ2n) is 6.19. The van der Waals surface area contributed by atoms with Crippen LogP contribution in [0, 0.1) is 13.8 Å². The van der Waals surface area contributed by atoms with Crippen LogP contribution in [0.2, 0.25) is 0 Å². The van der Waals surface area contributed by atoms with E-state index in [1.807, 2.05) is 6.20 Å². The highest BCUT2D eigenvalue weighted by molar-refractivity contribution is 5.52. The van der Waals surface area contributed by atoms with Crippen molar-refractivity contribution in [1.82, 2.24) is 10.2 Å². The highest BCUT2D eigenvalue weighted by atomic mass is 15.1. The molecule has 2 N–H and O–H groups in total. The Hall–Kier alpha value is -1.77. The Kier molecular flexibility index (Phi) is 3.65. The SMILES string of the molecule is Cc1ccc(NCc2cn[nH]c2C(C)(C)C)c(C)c1. The summed E-state index contributed by atoms with van der Waals surface area (Å²) in [6.07, 6.45) is 1.91. The van der Waals surface area contributed by atoms with E-state index >= 15 is 0 Å². The van der Waals surface area contributed by atoms with Crippen LogP contribution in [0.25, 0.3) is 0 Å². The maximum atomic E-state index is 4.17. The lowest BCUT2D eigenvalue weighted by molar-refractivity contribution is 0.561. The second kappa shape index (κ2) is 5.08. The molecular weight excluding hydrogens is 234 g/mol. The van der Waals surface area contributed by atoms with Gasteiger partial charge in [-0.25, -0.2) is 0 Å². The average molecular weight is 257 g/mol. The molecule has 0 unspecified atom stereocenters. The molecule has 0 aliphatic carbocycles. The number of rotatable bonds is 3. The first-order valence-corrected chi connectivity index (χ1v) is 6.72. The normalized spacial score (nSPS) is 11.6. The van der Waals surface area contributed by atoms with Gasteiger partial charge in [0.05, 0.1) is 6.20 Å². The van der Waals surface area contributed by atoms with Crippen LogP contribution in [0.3, 0.4) is 0 Å². The van der Waals surface area contributed by atoms with Crippen molar-refractivity contribution in [2.24, 2.45) is 0 Å². The zero-order valence-electron chi connectivity index (χ0n) is 12.5. The summed E-state index contributed by atoms with van der Waals surface area (Å²) in [4.78, 5) is 0. The third-order valence-corrected chi connectivity index (χ3v) is 3.32. The number of nitrogens with one attached hydrogen (secondary N) is 2. The highest BCUT2D eigenvalue weighted by Gasteiger charge is 2.19. The first-order valence-electron chi connectivity index (χ1n) is 6.72. The van der Waals surface area contributed by atoms with E-state index in [2.05, 4.69) is 68.3 Å². The van der Waals surface area contributed by atoms with Crippen LogP contribution in [0.5, 0.6) is 0 Å². The fourth-order valence-electron chi connectivity index (χ4n) is 2.30. The number of aromatic amines is 1. The number of anilines is 1. The third-order valence-electron chi connectivity index (χ3n) is 3.32. The number of hydrogen-bond acceptors (Lipinski definition) is 2. The molecule has 0 amide bonds. The summed E-state index contributed by atoms with van der Waals surface area (Å²) in [6.45, 7) is 11.6. The van der Waals surface area contributed by atoms with Gasteiger partial charge in [0, 0.05) is 28.9 Å². The fraction of sp³-hybridized carbons (Fsp3) is 0.438. The molecule has 0 radical (unpaired) electrons. The van der Waals surface area contributed by atoms with E-state index in [-0.39, 0.29) is 5.41 Å². The number of benzene rings is 1. The molecule has 0 saturated heterocycles. The summed E-state index contributed by atoms with van der Waals surface area (Å²) in [6, 6.07) is 6.47. The maximum Gasteiger partial charge on any atom is 0.0540 e. The second-order valence-corrected chi connectivity index (χ2v) is 6.19. The van der Waals surface area contributed by atoms with Crippen molar-refractivity contribution in [2.45, 2.75) is 46.6 Å². The van der Waals surface area contributed by atoms with Gasteiger partial charge in [-0.15, -0.1) is 0 Å². The fourth-order valence-corrected chi connectivity index (χ4v) is 2.30. The van der Waals surface area contributed by atoms with Crippen LogP contribution < -0.4 is 5.32 Å². The minimum absolute atomic E-state index is 0.0931. The molecule has 1 aromatic carbocycles. The quantitative estimate of drug-likeness (QED) is 0.874. The van der Waals surface area contributed by atoms with Gasteiger partial charge in [-0.1, -0.05) is 38.5 Å². The summed E-state index contributed by atoms with van der Waals surface area (Å²) >= 11 is 0. The molecule has 3 heteroatoms. The zero-order chi connectivity index (χ0) is 14.0.